The van der Waals surface area contributed by atoms with Crippen molar-refractivity contribution < 1.29 is 14.0 Å². The van der Waals surface area contributed by atoms with E-state index in [4.69, 9.17) is 0 Å². The van der Waals surface area contributed by atoms with E-state index in [1.807, 2.05) is 18.2 Å². The molecule has 11 nitrogen and oxygen atoms in total. The number of nitrogens with zero attached hydrogens (tertiary/aromatic N) is 7. The molecule has 0 spiro atoms. The number of carbonyl (C=O) groups is 2. The molecule has 1 aliphatic rings. The maximum absolute atomic E-state index is 15.8. The lowest BCUT2D eigenvalue weighted by Crippen LogP contribution is -2.49. The van der Waals surface area contributed by atoms with Gasteiger partial charge in [0, 0.05) is 53.2 Å². The molecule has 1 aromatic carbocycles. The molecule has 6 heterocycles. The second-order valence-corrected chi connectivity index (χ2v) is 11.4. The molecule has 1 fully saturated rings. The van der Waals surface area contributed by atoms with Crippen LogP contribution in [-0.2, 0) is 0 Å². The zero-order valence-corrected chi connectivity index (χ0v) is 24.4. The van der Waals surface area contributed by atoms with Crippen molar-refractivity contribution in [1.29, 1.82) is 0 Å². The predicted octanol–water partition coefficient (Wildman–Crippen LogP) is 4.38. The molecule has 44 heavy (non-hydrogen) atoms. The van der Waals surface area contributed by atoms with Gasteiger partial charge in [0.25, 0.3) is 11.8 Å². The monoisotopic (exact) mass is 607 g/mol. The van der Waals surface area contributed by atoms with Crippen molar-refractivity contribution in [2.45, 2.75) is 18.9 Å². The van der Waals surface area contributed by atoms with Gasteiger partial charge in [-0.25, -0.2) is 14.4 Å². The molecule has 1 atom stereocenters. The number of carbonyl (C=O) groups excluding carboxylic acids is 2. The average Bonchev–Trinajstić information content (AvgIpc) is 3.70. The molecule has 2 N–H and O–H groups in total. The van der Waals surface area contributed by atoms with Gasteiger partial charge in [0.2, 0.25) is 0 Å². The number of fused-ring (bicyclic) bond motifs is 2. The molecule has 0 unspecified atom stereocenters. The lowest BCUT2D eigenvalue weighted by Gasteiger charge is -2.34. The Bertz CT molecular complexity index is 2040. The summed E-state index contributed by atoms with van der Waals surface area (Å²) in [5.74, 6) is -0.988. The van der Waals surface area contributed by atoms with Gasteiger partial charge in [-0.1, -0.05) is 5.21 Å². The van der Waals surface area contributed by atoms with Gasteiger partial charge >= 0.3 is 0 Å². The van der Waals surface area contributed by atoms with E-state index < -0.39 is 11.7 Å². The Morgan fingerprint density at radius 1 is 1.07 bits per heavy atom. The molecule has 2 amide bonds. The van der Waals surface area contributed by atoms with E-state index in [9.17, 15) is 9.59 Å². The Morgan fingerprint density at radius 3 is 2.77 bits per heavy atom. The van der Waals surface area contributed by atoms with Gasteiger partial charge in [-0.05, 0) is 73.5 Å². The van der Waals surface area contributed by atoms with E-state index in [2.05, 4.69) is 35.9 Å². The Labute approximate surface area is 254 Å². The maximum Gasteiger partial charge on any atom is 0.269 e. The van der Waals surface area contributed by atoms with Gasteiger partial charge in [-0.3, -0.25) is 19.5 Å². The first kappa shape index (κ1) is 27.7. The molecule has 5 aromatic heterocycles. The van der Waals surface area contributed by atoms with Gasteiger partial charge in [-0.2, -0.15) is 4.68 Å². The van der Waals surface area contributed by atoms with Crippen LogP contribution in [0, 0.1) is 5.82 Å². The van der Waals surface area contributed by atoms with Gasteiger partial charge in [-0.15, -0.1) is 16.4 Å². The fraction of sp³-hybridized carbons (Fsp3) is 0.194. The number of aromatic nitrogens is 6. The molecule has 220 valence electrons. The second-order valence-electron chi connectivity index (χ2n) is 10.4. The number of pyridine rings is 3. The first-order chi connectivity index (χ1) is 21.5. The molecule has 0 aliphatic carbocycles. The fourth-order valence-corrected chi connectivity index (χ4v) is 6.53. The van der Waals surface area contributed by atoms with Crippen molar-refractivity contribution in [2.75, 3.05) is 25.0 Å². The number of hydrogen-bond acceptors (Lipinski definition) is 9. The van der Waals surface area contributed by atoms with Crippen LogP contribution < -0.4 is 15.5 Å². The van der Waals surface area contributed by atoms with Crippen molar-refractivity contribution in [3.05, 3.63) is 90.3 Å². The van der Waals surface area contributed by atoms with Crippen LogP contribution in [-0.4, -0.2) is 67.9 Å². The van der Waals surface area contributed by atoms with Crippen LogP contribution in [0.5, 0.6) is 0 Å². The normalized spacial score (nSPS) is 15.0. The number of thiophene rings is 1. The summed E-state index contributed by atoms with van der Waals surface area (Å²) in [6.45, 7) is 1.40. The molecular weight excluding hydrogens is 581 g/mol. The number of hydrogen-bond donors (Lipinski definition) is 2. The first-order valence-corrected chi connectivity index (χ1v) is 14.9. The van der Waals surface area contributed by atoms with Crippen molar-refractivity contribution in [1.82, 2.24) is 40.6 Å². The van der Waals surface area contributed by atoms with Crippen LogP contribution in [0.25, 0.3) is 37.4 Å². The van der Waals surface area contributed by atoms with Crippen molar-refractivity contribution in [3.8, 4) is 16.1 Å². The third-order valence-electron chi connectivity index (χ3n) is 7.65. The van der Waals surface area contributed by atoms with Crippen LogP contribution in [0.3, 0.4) is 0 Å². The zero-order chi connectivity index (χ0) is 30.2. The lowest BCUT2D eigenvalue weighted by molar-refractivity contribution is 0.0953. The molecule has 6 aromatic rings. The average molecular weight is 608 g/mol. The largest absolute Gasteiger partial charge is 0.354 e. The molecule has 0 radical (unpaired) electrons. The van der Waals surface area contributed by atoms with Gasteiger partial charge in [0.15, 0.2) is 5.65 Å². The van der Waals surface area contributed by atoms with Crippen molar-refractivity contribution >= 4 is 50.2 Å². The van der Waals surface area contributed by atoms with Crippen LogP contribution in [0.1, 0.15) is 33.7 Å². The molecular formula is C31H26FN9O2S. The molecule has 1 saturated heterocycles. The standard InChI is InChI=1S/C31H26FN9O2S/c1-33-30(42)25-14-18(8-12-35-25)27-16-22-26(44-27)9-13-37-28(22)40(20-4-2-10-34-17-20)31(43)21-7-6-19(15-23(21)32)41-29-24(38-39-41)5-3-11-36-29/h3,5-9,11-16,20,34H,2,4,10,17H2,1H3,(H,33,42)/t20-/m1/s1. The smallest absolute Gasteiger partial charge is 0.269 e. The highest BCUT2D eigenvalue weighted by Gasteiger charge is 2.32. The third-order valence-corrected chi connectivity index (χ3v) is 8.80. The van der Waals surface area contributed by atoms with Gasteiger partial charge < -0.3 is 10.6 Å². The fourth-order valence-electron chi connectivity index (χ4n) is 5.49. The zero-order valence-electron chi connectivity index (χ0n) is 23.6. The highest BCUT2D eigenvalue weighted by molar-refractivity contribution is 7.22. The molecule has 13 heteroatoms. The topological polar surface area (TPSA) is 131 Å². The number of rotatable bonds is 6. The number of halogens is 1. The summed E-state index contributed by atoms with van der Waals surface area (Å²) in [7, 11) is 1.56. The number of anilines is 1. The minimum atomic E-state index is -0.683. The van der Waals surface area contributed by atoms with Crippen LogP contribution in [0.2, 0.25) is 0 Å². The highest BCUT2D eigenvalue weighted by Crippen LogP contribution is 2.39. The number of amides is 2. The maximum atomic E-state index is 15.8. The van der Waals surface area contributed by atoms with Gasteiger partial charge in [0.1, 0.15) is 22.8 Å². The van der Waals surface area contributed by atoms with Crippen LogP contribution in [0.4, 0.5) is 10.2 Å². The Kier molecular flexibility index (Phi) is 7.24. The first-order valence-electron chi connectivity index (χ1n) is 14.1. The molecule has 0 bridgehead atoms. The van der Waals surface area contributed by atoms with Crippen LogP contribution >= 0.6 is 11.3 Å². The van der Waals surface area contributed by atoms with Gasteiger partial charge in [0.05, 0.1) is 17.3 Å². The van der Waals surface area contributed by atoms with Crippen molar-refractivity contribution in [3.63, 3.8) is 0 Å². The van der Waals surface area contributed by atoms with E-state index in [-0.39, 0.29) is 17.5 Å². The second kappa shape index (κ2) is 11.5. The predicted molar refractivity (Wildman–Crippen MR) is 166 cm³/mol. The number of nitrogens with one attached hydrogen (secondary N) is 2. The quantitative estimate of drug-likeness (QED) is 0.285. The van der Waals surface area contributed by atoms with Crippen molar-refractivity contribution in [2.24, 2.45) is 0 Å². The third kappa shape index (κ3) is 4.95. The number of benzene rings is 1. The highest BCUT2D eigenvalue weighted by atomic mass is 32.1. The SMILES string of the molecule is CNC(=O)c1cc(-c2cc3c(N(C(=O)c4ccc(-n5nnc6cccnc65)cc4F)[C@@H]4CCCNC4)nccc3s2)ccn1. The molecule has 1 aliphatic heterocycles. The van der Waals surface area contributed by atoms with Crippen LogP contribution in [0.15, 0.2) is 73.2 Å². The summed E-state index contributed by atoms with van der Waals surface area (Å²) in [4.78, 5) is 42.1. The summed E-state index contributed by atoms with van der Waals surface area (Å²) < 4.78 is 18.2. The Balaban J connectivity index is 1.29. The van der Waals surface area contributed by atoms with E-state index in [1.165, 1.54) is 28.2 Å². The van der Waals surface area contributed by atoms with E-state index in [0.717, 1.165) is 39.9 Å². The summed E-state index contributed by atoms with van der Waals surface area (Å²) in [5.41, 5.74) is 2.52. The Morgan fingerprint density at radius 2 is 1.95 bits per heavy atom. The van der Waals surface area contributed by atoms with E-state index in [1.54, 1.807) is 54.8 Å². The Hall–Kier alpha value is -5.14. The summed E-state index contributed by atoms with van der Waals surface area (Å²) >= 11 is 1.52. The minimum Gasteiger partial charge on any atom is -0.354 e. The molecule has 0 saturated carbocycles. The summed E-state index contributed by atoms with van der Waals surface area (Å²) in [5, 5.41) is 14.9. The summed E-state index contributed by atoms with van der Waals surface area (Å²) in [6.07, 6.45) is 6.48. The number of piperidine rings is 1. The van der Waals surface area contributed by atoms with E-state index >= 15 is 4.39 Å². The lowest BCUT2D eigenvalue weighted by atomic mass is 10.0. The molecule has 7 rings (SSSR count). The van der Waals surface area contributed by atoms with E-state index in [0.29, 0.717) is 34.9 Å². The minimum absolute atomic E-state index is 0.0738. The summed E-state index contributed by atoms with van der Waals surface area (Å²) in [6, 6.07) is 15.1.